The van der Waals surface area contributed by atoms with Gasteiger partial charge in [0.25, 0.3) is 0 Å². The summed E-state index contributed by atoms with van der Waals surface area (Å²) in [5.41, 5.74) is 2.76. The molecular weight excluding hydrogens is 344 g/mol. The lowest BCUT2D eigenvalue weighted by molar-refractivity contribution is -0.0190. The summed E-state index contributed by atoms with van der Waals surface area (Å²) in [6.45, 7) is 0. The van der Waals surface area contributed by atoms with Crippen LogP contribution in [0.15, 0.2) is 12.1 Å². The fraction of sp³-hybridized carbons (Fsp3) is 0.769. The fourth-order valence-corrected chi connectivity index (χ4v) is 10.5. The van der Waals surface area contributed by atoms with Crippen LogP contribution in [0.1, 0.15) is 88.2 Å². The normalized spacial score (nSPS) is 50.4. The van der Waals surface area contributed by atoms with Gasteiger partial charge in [0.15, 0.2) is 0 Å². The number of phenolic OH excluding ortho intramolecular Hbond substituents is 2. The first-order chi connectivity index (χ1) is 13.5. The molecule has 0 spiro atoms. The van der Waals surface area contributed by atoms with Gasteiger partial charge in [-0.25, -0.2) is 0 Å². The first-order valence-electron chi connectivity index (χ1n) is 12.1. The fourth-order valence-electron chi connectivity index (χ4n) is 10.5. The summed E-state index contributed by atoms with van der Waals surface area (Å²) < 4.78 is 0. The molecule has 2 N–H and O–H groups in total. The summed E-state index contributed by atoms with van der Waals surface area (Å²) in [5, 5.41) is 22.5. The largest absolute Gasteiger partial charge is 0.508 e. The molecule has 0 amide bonds. The van der Waals surface area contributed by atoms with E-state index in [1.54, 1.807) is 0 Å². The quantitative estimate of drug-likeness (QED) is 0.617. The Morgan fingerprint density at radius 1 is 0.500 bits per heavy atom. The van der Waals surface area contributed by atoms with Crippen LogP contribution in [0, 0.1) is 35.5 Å². The van der Waals surface area contributed by atoms with Gasteiger partial charge in [-0.05, 0) is 125 Å². The number of aromatic hydroxyl groups is 2. The third kappa shape index (κ3) is 2.10. The van der Waals surface area contributed by atoms with Crippen LogP contribution in [0.3, 0.4) is 0 Å². The zero-order valence-electron chi connectivity index (χ0n) is 17.0. The summed E-state index contributed by atoms with van der Waals surface area (Å²) in [6.07, 6.45) is 16.1. The van der Waals surface area contributed by atoms with Crippen LogP contribution < -0.4 is 0 Å². The van der Waals surface area contributed by atoms with Gasteiger partial charge in [0.2, 0.25) is 0 Å². The van der Waals surface area contributed by atoms with Crippen molar-refractivity contribution in [1.29, 1.82) is 0 Å². The van der Waals surface area contributed by atoms with Gasteiger partial charge in [0.1, 0.15) is 11.5 Å². The van der Waals surface area contributed by atoms with Gasteiger partial charge in [-0.1, -0.05) is 0 Å². The van der Waals surface area contributed by atoms with Gasteiger partial charge in [-0.2, -0.15) is 0 Å². The second-order valence-corrected chi connectivity index (χ2v) is 12.2. The van der Waals surface area contributed by atoms with E-state index in [9.17, 15) is 10.2 Å². The molecule has 8 fully saturated rings. The molecule has 1 aromatic carbocycles. The average molecular weight is 379 g/mol. The van der Waals surface area contributed by atoms with Crippen molar-refractivity contribution >= 4 is 0 Å². The number of hydrogen-bond acceptors (Lipinski definition) is 2. The average Bonchev–Trinajstić information content (AvgIpc) is 2.61. The van der Waals surface area contributed by atoms with E-state index in [2.05, 4.69) is 0 Å². The first-order valence-corrected chi connectivity index (χ1v) is 12.1. The number of rotatable bonds is 2. The number of hydrogen-bond donors (Lipinski definition) is 2. The van der Waals surface area contributed by atoms with Crippen molar-refractivity contribution in [2.24, 2.45) is 35.5 Å². The molecule has 0 aliphatic heterocycles. The highest BCUT2D eigenvalue weighted by Gasteiger charge is 2.58. The molecule has 8 aliphatic rings. The Hall–Kier alpha value is -1.18. The van der Waals surface area contributed by atoms with E-state index >= 15 is 0 Å². The zero-order valence-corrected chi connectivity index (χ0v) is 17.0. The molecule has 0 atom stereocenters. The van der Waals surface area contributed by atoms with Crippen molar-refractivity contribution in [3.8, 4) is 11.5 Å². The second-order valence-electron chi connectivity index (χ2n) is 12.2. The van der Waals surface area contributed by atoms with Gasteiger partial charge < -0.3 is 10.2 Å². The van der Waals surface area contributed by atoms with Gasteiger partial charge in [0.05, 0.1) is 0 Å². The SMILES string of the molecule is Oc1ccc(O)c(C23CC4CC(CC(C4)C2)C3)c1C12CC3CC(CC(C3)C1)C2. The molecule has 0 unspecified atom stereocenters. The highest BCUT2D eigenvalue weighted by molar-refractivity contribution is 5.56. The molecule has 8 bridgehead atoms. The van der Waals surface area contributed by atoms with Crippen molar-refractivity contribution in [1.82, 2.24) is 0 Å². The van der Waals surface area contributed by atoms with E-state index in [4.69, 9.17) is 0 Å². The first kappa shape index (κ1) is 16.6. The molecule has 0 saturated heterocycles. The van der Waals surface area contributed by atoms with Gasteiger partial charge >= 0.3 is 0 Å². The zero-order chi connectivity index (χ0) is 18.7. The van der Waals surface area contributed by atoms with E-state index in [1.807, 2.05) is 12.1 Å². The minimum Gasteiger partial charge on any atom is -0.508 e. The molecule has 0 aromatic heterocycles. The molecule has 8 aliphatic carbocycles. The Balaban J connectivity index is 1.42. The predicted molar refractivity (Wildman–Crippen MR) is 109 cm³/mol. The number of phenols is 2. The van der Waals surface area contributed by atoms with Crippen LogP contribution in [-0.2, 0) is 10.8 Å². The van der Waals surface area contributed by atoms with Crippen LogP contribution >= 0.6 is 0 Å². The summed E-state index contributed by atoms with van der Waals surface area (Å²) in [7, 11) is 0. The lowest BCUT2D eigenvalue weighted by Crippen LogP contribution is -2.52. The molecule has 2 nitrogen and oxygen atoms in total. The molecule has 0 radical (unpaired) electrons. The Bertz CT molecular complexity index is 698. The van der Waals surface area contributed by atoms with E-state index in [-0.39, 0.29) is 10.8 Å². The molecule has 150 valence electrons. The molecule has 9 rings (SSSR count). The standard InChI is InChI=1S/C26H34O2/c27-21-1-2-22(28)24(26-12-18-6-19(13-26)8-20(7-18)14-26)23(21)25-9-15-3-16(10-25)5-17(4-15)11-25/h1-2,15-20,27-28H,3-14H2. The van der Waals surface area contributed by atoms with Crippen molar-refractivity contribution < 1.29 is 10.2 Å². The topological polar surface area (TPSA) is 40.5 Å². The van der Waals surface area contributed by atoms with Gasteiger partial charge in [-0.15, -0.1) is 0 Å². The maximum atomic E-state index is 11.3. The highest BCUT2D eigenvalue weighted by atomic mass is 16.3. The monoisotopic (exact) mass is 378 g/mol. The molecule has 8 saturated carbocycles. The molecular formula is C26H34O2. The maximum Gasteiger partial charge on any atom is 0.119 e. The lowest BCUT2D eigenvalue weighted by atomic mass is 9.44. The smallest absolute Gasteiger partial charge is 0.119 e. The summed E-state index contributed by atoms with van der Waals surface area (Å²) in [5.74, 6) is 6.16. The lowest BCUT2D eigenvalue weighted by Gasteiger charge is -2.60. The van der Waals surface area contributed by atoms with Crippen molar-refractivity contribution in [3.63, 3.8) is 0 Å². The predicted octanol–water partition coefficient (Wildman–Crippen LogP) is 6.03. The third-order valence-corrected chi connectivity index (χ3v) is 10.3. The Labute approximate surface area is 168 Å². The summed E-state index contributed by atoms with van der Waals surface area (Å²) in [4.78, 5) is 0. The summed E-state index contributed by atoms with van der Waals surface area (Å²) in [6, 6.07) is 3.63. The summed E-state index contributed by atoms with van der Waals surface area (Å²) >= 11 is 0. The van der Waals surface area contributed by atoms with E-state index in [0.717, 1.165) is 35.5 Å². The highest BCUT2D eigenvalue weighted by Crippen LogP contribution is 2.67. The minimum atomic E-state index is 0.149. The molecule has 28 heavy (non-hydrogen) atoms. The van der Waals surface area contributed by atoms with Crippen LogP contribution in [-0.4, -0.2) is 10.2 Å². The Kier molecular flexibility index (Phi) is 3.14. The van der Waals surface area contributed by atoms with Gasteiger partial charge in [0, 0.05) is 22.0 Å². The van der Waals surface area contributed by atoms with Crippen LogP contribution in [0.25, 0.3) is 0 Å². The van der Waals surface area contributed by atoms with E-state index in [1.165, 1.54) is 88.2 Å². The van der Waals surface area contributed by atoms with Crippen molar-refractivity contribution in [3.05, 3.63) is 23.3 Å². The minimum absolute atomic E-state index is 0.149. The molecule has 1 aromatic rings. The van der Waals surface area contributed by atoms with Crippen molar-refractivity contribution in [2.75, 3.05) is 0 Å². The third-order valence-electron chi connectivity index (χ3n) is 10.3. The Morgan fingerprint density at radius 3 is 1.00 bits per heavy atom. The Morgan fingerprint density at radius 2 is 0.750 bits per heavy atom. The maximum absolute atomic E-state index is 11.3. The molecule has 0 heterocycles. The number of benzene rings is 1. The van der Waals surface area contributed by atoms with Crippen LogP contribution in [0.5, 0.6) is 11.5 Å². The van der Waals surface area contributed by atoms with E-state index in [0.29, 0.717) is 11.5 Å². The van der Waals surface area contributed by atoms with Crippen LogP contribution in [0.4, 0.5) is 0 Å². The van der Waals surface area contributed by atoms with E-state index < -0.39 is 0 Å². The van der Waals surface area contributed by atoms with Crippen molar-refractivity contribution in [2.45, 2.75) is 87.9 Å². The van der Waals surface area contributed by atoms with Crippen LogP contribution in [0.2, 0.25) is 0 Å². The molecule has 2 heteroatoms. The second kappa shape index (κ2) is 5.29. The van der Waals surface area contributed by atoms with Gasteiger partial charge in [-0.3, -0.25) is 0 Å².